The molecule has 2 N–H and O–H groups in total. The lowest BCUT2D eigenvalue weighted by atomic mass is 9.80. The third-order valence-corrected chi connectivity index (χ3v) is 2.28. The first-order valence-electron chi connectivity index (χ1n) is 5.36. The van der Waals surface area contributed by atoms with Gasteiger partial charge in [0.2, 0.25) is 0 Å². The van der Waals surface area contributed by atoms with Gasteiger partial charge in [-0.2, -0.15) is 0 Å². The quantitative estimate of drug-likeness (QED) is 0.738. The van der Waals surface area contributed by atoms with E-state index >= 15 is 0 Å². The number of benzene rings is 1. The van der Waals surface area contributed by atoms with Crippen molar-refractivity contribution in [1.82, 2.24) is 0 Å². The maximum absolute atomic E-state index is 13.3. The van der Waals surface area contributed by atoms with Gasteiger partial charge in [0.1, 0.15) is 0 Å². The molecule has 0 radical (unpaired) electrons. The average molecular weight is 226 g/mol. The molecule has 0 amide bonds. The molecule has 0 aliphatic heterocycles. The van der Waals surface area contributed by atoms with Crippen molar-refractivity contribution in [2.24, 2.45) is 0 Å². The molecule has 0 heterocycles. The summed E-state index contributed by atoms with van der Waals surface area (Å²) >= 11 is 0. The van der Waals surface area contributed by atoms with Crippen molar-refractivity contribution in [3.63, 3.8) is 0 Å². The number of halogens is 1. The summed E-state index contributed by atoms with van der Waals surface area (Å²) in [6, 6.07) is 3.80. The summed E-state index contributed by atoms with van der Waals surface area (Å²) in [4.78, 5) is 0. The number of rotatable bonds is 5. The van der Waals surface area contributed by atoms with E-state index in [-0.39, 0.29) is 17.3 Å². The molecule has 0 fully saturated rings. The molecule has 88 valence electrons. The Bertz CT molecular complexity index is 344. The molecule has 0 aliphatic rings. The SMILES string of the molecule is CCCC(C)Oc1cc(B(O)O)ccc1F. The average Bonchev–Trinajstić information content (AvgIpc) is 2.21. The Morgan fingerprint density at radius 1 is 1.44 bits per heavy atom. The van der Waals surface area contributed by atoms with Crippen LogP contribution >= 0.6 is 0 Å². The molecule has 0 saturated carbocycles. The molecule has 3 nitrogen and oxygen atoms in total. The fraction of sp³-hybridized carbons (Fsp3) is 0.455. The van der Waals surface area contributed by atoms with Gasteiger partial charge < -0.3 is 14.8 Å². The Morgan fingerprint density at radius 2 is 2.12 bits per heavy atom. The molecule has 0 aromatic heterocycles. The molecule has 0 spiro atoms. The highest BCUT2D eigenvalue weighted by Gasteiger charge is 2.15. The second-order valence-electron chi connectivity index (χ2n) is 3.78. The third-order valence-electron chi connectivity index (χ3n) is 2.28. The molecular formula is C11H16BFO3. The van der Waals surface area contributed by atoms with E-state index in [1.54, 1.807) is 0 Å². The minimum atomic E-state index is -1.61. The lowest BCUT2D eigenvalue weighted by Gasteiger charge is -2.15. The predicted octanol–water partition coefficient (Wildman–Crippen LogP) is 1.07. The van der Waals surface area contributed by atoms with Crippen molar-refractivity contribution < 1.29 is 19.2 Å². The zero-order valence-electron chi connectivity index (χ0n) is 9.48. The van der Waals surface area contributed by atoms with Gasteiger partial charge in [-0.1, -0.05) is 19.4 Å². The van der Waals surface area contributed by atoms with E-state index in [0.717, 1.165) is 12.8 Å². The van der Waals surface area contributed by atoms with Crippen molar-refractivity contribution in [1.29, 1.82) is 0 Å². The van der Waals surface area contributed by atoms with E-state index < -0.39 is 12.9 Å². The molecule has 1 rings (SSSR count). The molecule has 0 aliphatic carbocycles. The van der Waals surface area contributed by atoms with Crippen molar-refractivity contribution in [2.75, 3.05) is 0 Å². The molecule has 5 heteroatoms. The topological polar surface area (TPSA) is 49.7 Å². The molecule has 0 saturated heterocycles. The van der Waals surface area contributed by atoms with Gasteiger partial charge in [-0.25, -0.2) is 4.39 Å². The van der Waals surface area contributed by atoms with Crippen LogP contribution in [0.3, 0.4) is 0 Å². The molecule has 1 unspecified atom stereocenters. The van der Waals surface area contributed by atoms with Gasteiger partial charge in [0.25, 0.3) is 0 Å². The molecule has 1 atom stereocenters. The monoisotopic (exact) mass is 226 g/mol. The molecule has 16 heavy (non-hydrogen) atoms. The molecular weight excluding hydrogens is 210 g/mol. The van der Waals surface area contributed by atoms with Crippen LogP contribution < -0.4 is 10.2 Å². The number of ether oxygens (including phenoxy) is 1. The van der Waals surface area contributed by atoms with Crippen LogP contribution in [0, 0.1) is 5.82 Å². The summed E-state index contributed by atoms with van der Waals surface area (Å²) in [5.41, 5.74) is 0.222. The van der Waals surface area contributed by atoms with Crippen LogP contribution in [0.15, 0.2) is 18.2 Å². The lowest BCUT2D eigenvalue weighted by Crippen LogP contribution is -2.30. The summed E-state index contributed by atoms with van der Waals surface area (Å²) in [6.07, 6.45) is 1.68. The van der Waals surface area contributed by atoms with Crippen LogP contribution in [-0.4, -0.2) is 23.3 Å². The highest BCUT2D eigenvalue weighted by atomic mass is 19.1. The minimum Gasteiger partial charge on any atom is -0.488 e. The third kappa shape index (κ3) is 3.50. The smallest absolute Gasteiger partial charge is 0.488 e. The normalized spacial score (nSPS) is 12.3. The van der Waals surface area contributed by atoms with Crippen LogP contribution in [-0.2, 0) is 0 Å². The second kappa shape index (κ2) is 5.87. The Hall–Kier alpha value is -1.07. The van der Waals surface area contributed by atoms with E-state index in [1.165, 1.54) is 18.2 Å². The van der Waals surface area contributed by atoms with Crippen molar-refractivity contribution in [3.05, 3.63) is 24.0 Å². The van der Waals surface area contributed by atoms with Crippen LogP contribution in [0.25, 0.3) is 0 Å². The van der Waals surface area contributed by atoms with Crippen molar-refractivity contribution >= 4 is 12.6 Å². The Kier molecular flexibility index (Phi) is 4.77. The summed E-state index contributed by atoms with van der Waals surface area (Å²) in [7, 11) is -1.61. The highest BCUT2D eigenvalue weighted by Crippen LogP contribution is 2.17. The van der Waals surface area contributed by atoms with E-state index in [0.29, 0.717) is 0 Å². The van der Waals surface area contributed by atoms with Gasteiger partial charge in [-0.05, 0) is 30.9 Å². The first kappa shape index (κ1) is 13.0. The number of hydrogen-bond acceptors (Lipinski definition) is 3. The molecule has 0 bridgehead atoms. The van der Waals surface area contributed by atoms with Crippen LogP contribution in [0.2, 0.25) is 0 Å². The van der Waals surface area contributed by atoms with Crippen LogP contribution in [0.1, 0.15) is 26.7 Å². The maximum Gasteiger partial charge on any atom is 0.488 e. The van der Waals surface area contributed by atoms with E-state index in [9.17, 15) is 4.39 Å². The van der Waals surface area contributed by atoms with Crippen molar-refractivity contribution in [3.8, 4) is 5.75 Å². The predicted molar refractivity (Wildman–Crippen MR) is 61.2 cm³/mol. The second-order valence-corrected chi connectivity index (χ2v) is 3.78. The van der Waals surface area contributed by atoms with E-state index in [2.05, 4.69) is 0 Å². The zero-order chi connectivity index (χ0) is 12.1. The summed E-state index contributed by atoms with van der Waals surface area (Å²) < 4.78 is 18.7. The Labute approximate surface area is 95.0 Å². The Balaban J connectivity index is 2.81. The fourth-order valence-electron chi connectivity index (χ4n) is 1.45. The largest absolute Gasteiger partial charge is 0.488 e. The highest BCUT2D eigenvalue weighted by molar-refractivity contribution is 6.58. The van der Waals surface area contributed by atoms with Gasteiger partial charge in [0.15, 0.2) is 11.6 Å². The minimum absolute atomic E-state index is 0.0616. The molecule has 1 aromatic carbocycles. The van der Waals surface area contributed by atoms with Gasteiger partial charge in [-0.15, -0.1) is 0 Å². The maximum atomic E-state index is 13.3. The van der Waals surface area contributed by atoms with E-state index in [4.69, 9.17) is 14.8 Å². The molecule has 1 aromatic rings. The summed E-state index contributed by atoms with van der Waals surface area (Å²) in [6.45, 7) is 3.87. The summed E-state index contributed by atoms with van der Waals surface area (Å²) in [5.74, 6) is -0.432. The van der Waals surface area contributed by atoms with Gasteiger partial charge >= 0.3 is 7.12 Å². The van der Waals surface area contributed by atoms with Gasteiger partial charge in [-0.3, -0.25) is 0 Å². The zero-order valence-corrected chi connectivity index (χ0v) is 9.48. The van der Waals surface area contributed by atoms with Crippen molar-refractivity contribution in [2.45, 2.75) is 32.8 Å². The van der Waals surface area contributed by atoms with Crippen LogP contribution in [0.4, 0.5) is 4.39 Å². The van der Waals surface area contributed by atoms with Crippen LogP contribution in [0.5, 0.6) is 5.75 Å². The standard InChI is InChI=1S/C11H16BFO3/c1-3-4-8(2)16-11-7-9(12(14)15)5-6-10(11)13/h5-8,14-15H,3-4H2,1-2H3. The van der Waals surface area contributed by atoms with Gasteiger partial charge in [0.05, 0.1) is 6.10 Å². The van der Waals surface area contributed by atoms with E-state index in [1.807, 2.05) is 13.8 Å². The first-order chi connectivity index (χ1) is 7.54. The fourth-order valence-corrected chi connectivity index (χ4v) is 1.45. The first-order valence-corrected chi connectivity index (χ1v) is 5.36. The lowest BCUT2D eigenvalue weighted by molar-refractivity contribution is 0.201. The summed E-state index contributed by atoms with van der Waals surface area (Å²) in [5, 5.41) is 17.9. The van der Waals surface area contributed by atoms with Gasteiger partial charge in [0, 0.05) is 0 Å². The Morgan fingerprint density at radius 3 is 2.69 bits per heavy atom. The number of hydrogen-bond donors (Lipinski definition) is 2.